The van der Waals surface area contributed by atoms with E-state index in [2.05, 4.69) is 46.3 Å². The molecule has 2 aromatic carbocycles. The third-order valence-electron chi connectivity index (χ3n) is 4.28. The summed E-state index contributed by atoms with van der Waals surface area (Å²) in [5.74, 6) is 0. The van der Waals surface area contributed by atoms with E-state index in [1.165, 1.54) is 0 Å². The fourth-order valence-electron chi connectivity index (χ4n) is 3.16. The van der Waals surface area contributed by atoms with Gasteiger partial charge < -0.3 is 0 Å². The lowest BCUT2D eigenvalue weighted by atomic mass is 10.0. The zero-order chi connectivity index (χ0) is 16.1. The molecule has 0 fully saturated rings. The van der Waals surface area contributed by atoms with E-state index < -0.39 is 0 Å². The number of aromatic nitrogens is 3. The number of rotatable bonds is 1. The molecule has 3 nitrogen and oxygen atoms in total. The number of hydrogen-bond acceptors (Lipinski definition) is 2. The summed E-state index contributed by atoms with van der Waals surface area (Å²) in [4.78, 5) is 9.76. The number of fused-ring (bicyclic) bond motifs is 5. The first-order valence-electron chi connectivity index (χ1n) is 7.73. The van der Waals surface area contributed by atoms with Crippen LogP contribution in [0.15, 0.2) is 77.4 Å². The fraction of sp³-hybridized carbons (Fsp3) is 0. The predicted molar refractivity (Wildman–Crippen MR) is 101 cm³/mol. The molecule has 0 saturated carbocycles. The van der Waals surface area contributed by atoms with Gasteiger partial charge in [0.2, 0.25) is 0 Å². The van der Waals surface area contributed by atoms with Crippen molar-refractivity contribution in [2.45, 2.75) is 0 Å². The Bertz CT molecular complexity index is 1210. The van der Waals surface area contributed by atoms with Crippen LogP contribution in [0.25, 0.3) is 38.8 Å². The molecule has 24 heavy (non-hydrogen) atoms. The van der Waals surface area contributed by atoms with Gasteiger partial charge in [-0.1, -0.05) is 58.4 Å². The van der Waals surface area contributed by atoms with Crippen molar-refractivity contribution in [1.29, 1.82) is 0 Å². The van der Waals surface area contributed by atoms with Gasteiger partial charge in [0.25, 0.3) is 0 Å². The molecule has 0 atom stereocenters. The van der Waals surface area contributed by atoms with Crippen molar-refractivity contribution in [3.05, 3.63) is 77.4 Å². The summed E-state index contributed by atoms with van der Waals surface area (Å²) in [7, 11) is 0. The highest BCUT2D eigenvalue weighted by Crippen LogP contribution is 2.32. The maximum atomic E-state index is 4.98. The molecule has 0 saturated heterocycles. The molecule has 0 spiro atoms. The van der Waals surface area contributed by atoms with Crippen LogP contribution >= 0.6 is 15.9 Å². The average molecular weight is 374 g/mol. The molecule has 5 aromatic rings. The van der Waals surface area contributed by atoms with Crippen LogP contribution in [0.3, 0.4) is 0 Å². The van der Waals surface area contributed by atoms with E-state index in [-0.39, 0.29) is 0 Å². The summed E-state index contributed by atoms with van der Waals surface area (Å²) in [6.07, 6.45) is 2.01. The van der Waals surface area contributed by atoms with Gasteiger partial charge in [-0.05, 0) is 24.3 Å². The van der Waals surface area contributed by atoms with E-state index in [0.29, 0.717) is 0 Å². The first-order valence-corrected chi connectivity index (χ1v) is 8.52. The number of benzene rings is 2. The minimum atomic E-state index is 0.891. The summed E-state index contributed by atoms with van der Waals surface area (Å²) in [5.41, 5.74) is 4.83. The highest BCUT2D eigenvalue weighted by Gasteiger charge is 2.14. The van der Waals surface area contributed by atoms with E-state index in [1.54, 1.807) is 0 Å². The van der Waals surface area contributed by atoms with Crippen LogP contribution in [0.4, 0.5) is 0 Å². The monoisotopic (exact) mass is 373 g/mol. The summed E-state index contributed by atoms with van der Waals surface area (Å²) < 4.78 is 3.11. The fourth-order valence-corrected chi connectivity index (χ4v) is 3.42. The maximum absolute atomic E-state index is 4.98. The summed E-state index contributed by atoms with van der Waals surface area (Å²) in [6.45, 7) is 0. The van der Waals surface area contributed by atoms with E-state index in [9.17, 15) is 0 Å². The summed E-state index contributed by atoms with van der Waals surface area (Å²) >= 11 is 3.50. The minimum absolute atomic E-state index is 0.891. The Labute approximate surface area is 146 Å². The smallest absolute Gasteiger partial charge is 0.165 e. The van der Waals surface area contributed by atoms with Gasteiger partial charge in [-0.2, -0.15) is 0 Å². The van der Waals surface area contributed by atoms with Gasteiger partial charge in [-0.25, -0.2) is 9.97 Å². The van der Waals surface area contributed by atoms with Gasteiger partial charge in [0.1, 0.15) is 11.2 Å². The van der Waals surface area contributed by atoms with Gasteiger partial charge >= 0.3 is 0 Å². The molecule has 0 unspecified atom stereocenters. The van der Waals surface area contributed by atoms with Crippen molar-refractivity contribution in [2.75, 3.05) is 0 Å². The van der Waals surface area contributed by atoms with Crippen molar-refractivity contribution in [3.63, 3.8) is 0 Å². The average Bonchev–Trinajstić information content (AvgIpc) is 3.01. The molecule has 0 radical (unpaired) electrons. The van der Waals surface area contributed by atoms with E-state index in [1.807, 2.05) is 47.0 Å². The third-order valence-corrected chi connectivity index (χ3v) is 4.81. The van der Waals surface area contributed by atoms with Gasteiger partial charge in [-0.15, -0.1) is 0 Å². The number of imidazole rings is 1. The molecule has 4 heteroatoms. The zero-order valence-electron chi connectivity index (χ0n) is 12.6. The molecular weight excluding hydrogens is 362 g/mol. The lowest BCUT2D eigenvalue weighted by Gasteiger charge is -2.07. The normalized spacial score (nSPS) is 11.5. The Hall–Kier alpha value is -2.72. The second-order valence-corrected chi connectivity index (χ2v) is 6.64. The summed E-state index contributed by atoms with van der Waals surface area (Å²) in [6, 6.07) is 22.6. The van der Waals surface area contributed by atoms with Crippen molar-refractivity contribution in [2.24, 2.45) is 0 Å². The molecule has 0 aliphatic carbocycles. The SMILES string of the molecule is Brc1ccc(-c2nc3c(nc4ccccn43)c3ccccc23)cc1. The van der Waals surface area contributed by atoms with Gasteiger partial charge in [0, 0.05) is 27.0 Å². The van der Waals surface area contributed by atoms with Crippen LogP contribution in [-0.2, 0) is 0 Å². The van der Waals surface area contributed by atoms with Gasteiger partial charge in [0.15, 0.2) is 5.65 Å². The molecule has 0 aliphatic heterocycles. The van der Waals surface area contributed by atoms with Gasteiger partial charge in [0.05, 0.1) is 5.69 Å². The van der Waals surface area contributed by atoms with Crippen molar-refractivity contribution >= 4 is 43.5 Å². The Balaban J connectivity index is 1.97. The first-order chi connectivity index (χ1) is 11.8. The molecule has 0 N–H and O–H groups in total. The zero-order valence-corrected chi connectivity index (χ0v) is 14.2. The second kappa shape index (κ2) is 5.14. The highest BCUT2D eigenvalue weighted by atomic mass is 79.9. The molecule has 3 aromatic heterocycles. The van der Waals surface area contributed by atoms with E-state index in [4.69, 9.17) is 9.97 Å². The van der Waals surface area contributed by atoms with Crippen LogP contribution in [0.1, 0.15) is 0 Å². The third kappa shape index (κ3) is 1.96. The van der Waals surface area contributed by atoms with Gasteiger partial charge in [-0.3, -0.25) is 4.40 Å². The lowest BCUT2D eigenvalue weighted by Crippen LogP contribution is -1.91. The van der Waals surface area contributed by atoms with Crippen LogP contribution < -0.4 is 0 Å². The standard InChI is InChI=1S/C20H12BrN3/c21-14-10-8-13(9-11-14)18-15-5-1-2-6-16(15)19-20(23-18)24-12-4-3-7-17(24)22-19/h1-12H. The Morgan fingerprint density at radius 3 is 2.33 bits per heavy atom. The largest absolute Gasteiger partial charge is 0.284 e. The molecule has 5 rings (SSSR count). The molecule has 3 heterocycles. The number of hydrogen-bond donors (Lipinski definition) is 0. The quantitative estimate of drug-likeness (QED) is 0.390. The number of nitrogens with zero attached hydrogens (tertiary/aromatic N) is 3. The predicted octanol–water partition coefficient (Wildman–Crippen LogP) is 5.47. The molecule has 0 bridgehead atoms. The molecule has 0 aliphatic rings. The molecular formula is C20H12BrN3. The topological polar surface area (TPSA) is 30.2 Å². The maximum Gasteiger partial charge on any atom is 0.165 e. The highest BCUT2D eigenvalue weighted by molar-refractivity contribution is 9.10. The van der Waals surface area contributed by atoms with Crippen molar-refractivity contribution in [3.8, 4) is 11.3 Å². The van der Waals surface area contributed by atoms with E-state index in [0.717, 1.165) is 43.3 Å². The number of halogens is 1. The minimum Gasteiger partial charge on any atom is -0.284 e. The Kier molecular flexibility index (Phi) is 2.94. The Morgan fingerprint density at radius 2 is 1.50 bits per heavy atom. The second-order valence-electron chi connectivity index (χ2n) is 5.73. The first kappa shape index (κ1) is 13.7. The van der Waals surface area contributed by atoms with Crippen LogP contribution in [-0.4, -0.2) is 14.4 Å². The van der Waals surface area contributed by atoms with Crippen LogP contribution in [0.2, 0.25) is 0 Å². The van der Waals surface area contributed by atoms with Crippen molar-refractivity contribution in [1.82, 2.24) is 14.4 Å². The lowest BCUT2D eigenvalue weighted by molar-refractivity contribution is 1.19. The summed E-state index contributed by atoms with van der Waals surface area (Å²) in [5, 5.41) is 2.25. The van der Waals surface area contributed by atoms with E-state index >= 15 is 0 Å². The molecule has 114 valence electrons. The Morgan fingerprint density at radius 1 is 0.750 bits per heavy atom. The number of pyridine rings is 2. The van der Waals surface area contributed by atoms with Crippen molar-refractivity contribution < 1.29 is 0 Å². The van der Waals surface area contributed by atoms with Crippen LogP contribution in [0.5, 0.6) is 0 Å². The van der Waals surface area contributed by atoms with Crippen LogP contribution in [0, 0.1) is 0 Å². The molecule has 0 amide bonds.